The van der Waals surface area contributed by atoms with E-state index in [1.807, 2.05) is 13.8 Å². The molecule has 0 aromatic heterocycles. The van der Waals surface area contributed by atoms with Gasteiger partial charge in [0.25, 0.3) is 0 Å². The Balaban J connectivity index is 3.47. The molecule has 0 amide bonds. The number of unbranched alkanes of at least 4 members (excludes halogenated alkanes) is 1. The second-order valence-electron chi connectivity index (χ2n) is 4.30. The standard InChI is InChI=1S/C12H26O2S2/c1-10(2)14-12(13-3)7-5-4-6-11(16)8-9-15/h10-12,15-16H,4-9H2,1-3H3. The van der Waals surface area contributed by atoms with Crippen LogP contribution >= 0.6 is 25.3 Å². The van der Waals surface area contributed by atoms with Crippen LogP contribution in [0.2, 0.25) is 0 Å². The van der Waals surface area contributed by atoms with Crippen LogP contribution in [0.4, 0.5) is 0 Å². The van der Waals surface area contributed by atoms with Gasteiger partial charge in [-0.15, -0.1) is 0 Å². The highest BCUT2D eigenvalue weighted by atomic mass is 32.1. The summed E-state index contributed by atoms with van der Waals surface area (Å²) in [5.74, 6) is 0.922. The fraction of sp³-hybridized carbons (Fsp3) is 1.00. The van der Waals surface area contributed by atoms with Crippen molar-refractivity contribution in [2.24, 2.45) is 0 Å². The van der Waals surface area contributed by atoms with Crippen LogP contribution in [-0.2, 0) is 9.47 Å². The van der Waals surface area contributed by atoms with Gasteiger partial charge in [0.05, 0.1) is 6.10 Å². The van der Waals surface area contributed by atoms with Gasteiger partial charge in [-0.2, -0.15) is 25.3 Å². The van der Waals surface area contributed by atoms with Gasteiger partial charge in [0.15, 0.2) is 6.29 Å². The van der Waals surface area contributed by atoms with Crippen molar-refractivity contribution in [3.05, 3.63) is 0 Å². The Kier molecular flexibility index (Phi) is 11.2. The minimum absolute atomic E-state index is 0.0525. The van der Waals surface area contributed by atoms with E-state index in [2.05, 4.69) is 25.3 Å². The monoisotopic (exact) mass is 266 g/mol. The molecule has 0 aliphatic carbocycles. The molecule has 0 heterocycles. The van der Waals surface area contributed by atoms with Crippen LogP contribution in [0, 0.1) is 0 Å². The first-order valence-corrected chi connectivity index (χ1v) is 7.22. The van der Waals surface area contributed by atoms with Crippen LogP contribution in [0.5, 0.6) is 0 Å². The maximum atomic E-state index is 5.60. The Morgan fingerprint density at radius 2 is 1.69 bits per heavy atom. The Morgan fingerprint density at radius 3 is 2.19 bits per heavy atom. The molecule has 0 spiro atoms. The molecule has 0 radical (unpaired) electrons. The van der Waals surface area contributed by atoms with E-state index in [4.69, 9.17) is 9.47 Å². The summed E-state index contributed by atoms with van der Waals surface area (Å²) >= 11 is 8.70. The third-order valence-corrected chi connectivity index (χ3v) is 3.15. The molecule has 0 bridgehead atoms. The van der Waals surface area contributed by atoms with Crippen LogP contribution in [0.15, 0.2) is 0 Å². The zero-order valence-electron chi connectivity index (χ0n) is 10.7. The Morgan fingerprint density at radius 1 is 1.06 bits per heavy atom. The first kappa shape index (κ1) is 16.6. The molecular weight excluding hydrogens is 240 g/mol. The average molecular weight is 266 g/mol. The second kappa shape index (κ2) is 10.8. The molecule has 98 valence electrons. The van der Waals surface area contributed by atoms with Gasteiger partial charge in [-0.3, -0.25) is 0 Å². The van der Waals surface area contributed by atoms with E-state index in [-0.39, 0.29) is 12.4 Å². The van der Waals surface area contributed by atoms with Crippen molar-refractivity contribution in [3.63, 3.8) is 0 Å². The molecule has 0 fully saturated rings. The molecule has 16 heavy (non-hydrogen) atoms. The third-order valence-electron chi connectivity index (χ3n) is 2.38. The van der Waals surface area contributed by atoms with E-state index >= 15 is 0 Å². The lowest BCUT2D eigenvalue weighted by Crippen LogP contribution is -2.19. The molecule has 0 saturated heterocycles. The topological polar surface area (TPSA) is 18.5 Å². The molecule has 0 aromatic rings. The van der Waals surface area contributed by atoms with E-state index in [1.165, 1.54) is 6.42 Å². The third kappa shape index (κ3) is 9.82. The fourth-order valence-electron chi connectivity index (χ4n) is 1.53. The van der Waals surface area contributed by atoms with E-state index < -0.39 is 0 Å². The van der Waals surface area contributed by atoms with Crippen LogP contribution in [0.3, 0.4) is 0 Å². The Hall–Kier alpha value is 0.620. The van der Waals surface area contributed by atoms with Crippen molar-refractivity contribution in [1.29, 1.82) is 0 Å². The van der Waals surface area contributed by atoms with Gasteiger partial charge in [0, 0.05) is 12.4 Å². The molecule has 0 saturated carbocycles. The lowest BCUT2D eigenvalue weighted by Gasteiger charge is -2.19. The number of ether oxygens (including phenoxy) is 2. The first-order valence-electron chi connectivity index (χ1n) is 6.07. The van der Waals surface area contributed by atoms with Crippen molar-refractivity contribution < 1.29 is 9.47 Å². The van der Waals surface area contributed by atoms with Crippen LogP contribution in [0.1, 0.15) is 46.0 Å². The van der Waals surface area contributed by atoms with E-state index in [0.29, 0.717) is 5.25 Å². The van der Waals surface area contributed by atoms with Gasteiger partial charge in [-0.1, -0.05) is 6.42 Å². The summed E-state index contributed by atoms with van der Waals surface area (Å²) in [6.07, 6.45) is 5.70. The molecule has 0 rings (SSSR count). The summed E-state index contributed by atoms with van der Waals surface area (Å²) in [7, 11) is 1.70. The van der Waals surface area contributed by atoms with Gasteiger partial charge in [-0.25, -0.2) is 0 Å². The van der Waals surface area contributed by atoms with Crippen molar-refractivity contribution in [2.45, 2.75) is 63.6 Å². The number of thiol groups is 2. The molecule has 0 aliphatic rings. The van der Waals surface area contributed by atoms with Crippen molar-refractivity contribution >= 4 is 25.3 Å². The van der Waals surface area contributed by atoms with Gasteiger partial charge in [0.1, 0.15) is 0 Å². The molecule has 2 nitrogen and oxygen atoms in total. The minimum Gasteiger partial charge on any atom is -0.356 e. The molecule has 0 aliphatic heterocycles. The number of methoxy groups -OCH3 is 1. The fourth-order valence-corrected chi connectivity index (χ4v) is 2.36. The van der Waals surface area contributed by atoms with Crippen molar-refractivity contribution in [2.75, 3.05) is 12.9 Å². The van der Waals surface area contributed by atoms with Crippen LogP contribution in [0.25, 0.3) is 0 Å². The van der Waals surface area contributed by atoms with Gasteiger partial charge < -0.3 is 9.47 Å². The van der Waals surface area contributed by atoms with E-state index in [1.54, 1.807) is 7.11 Å². The Labute approximate surface area is 111 Å². The maximum Gasteiger partial charge on any atom is 0.157 e. The summed E-state index contributed by atoms with van der Waals surface area (Å²) in [5, 5.41) is 0.490. The summed E-state index contributed by atoms with van der Waals surface area (Å²) < 4.78 is 10.9. The summed E-state index contributed by atoms with van der Waals surface area (Å²) in [4.78, 5) is 0. The first-order chi connectivity index (χ1) is 7.60. The quantitative estimate of drug-likeness (QED) is 0.358. The van der Waals surface area contributed by atoms with E-state index in [0.717, 1.165) is 31.4 Å². The van der Waals surface area contributed by atoms with Crippen LogP contribution < -0.4 is 0 Å². The summed E-state index contributed by atoms with van der Waals surface area (Å²) in [6.45, 7) is 4.06. The molecule has 4 heteroatoms. The number of hydrogen-bond donors (Lipinski definition) is 2. The molecule has 0 N–H and O–H groups in total. The lowest BCUT2D eigenvalue weighted by molar-refractivity contribution is -0.150. The highest BCUT2D eigenvalue weighted by Crippen LogP contribution is 2.15. The largest absolute Gasteiger partial charge is 0.356 e. The molecule has 2 atom stereocenters. The Bertz CT molecular complexity index is 154. The lowest BCUT2D eigenvalue weighted by atomic mass is 10.1. The highest BCUT2D eigenvalue weighted by Gasteiger charge is 2.09. The van der Waals surface area contributed by atoms with Gasteiger partial charge in [0.2, 0.25) is 0 Å². The SMILES string of the molecule is COC(CCCCC(S)CCS)OC(C)C. The van der Waals surface area contributed by atoms with Crippen molar-refractivity contribution in [3.8, 4) is 0 Å². The summed E-state index contributed by atoms with van der Waals surface area (Å²) in [5.41, 5.74) is 0. The van der Waals surface area contributed by atoms with Crippen molar-refractivity contribution in [1.82, 2.24) is 0 Å². The minimum atomic E-state index is -0.0525. The summed E-state index contributed by atoms with van der Waals surface area (Å²) in [6, 6.07) is 0. The smallest absolute Gasteiger partial charge is 0.157 e. The van der Waals surface area contributed by atoms with Gasteiger partial charge in [-0.05, 0) is 45.3 Å². The maximum absolute atomic E-state index is 5.60. The zero-order valence-corrected chi connectivity index (χ0v) is 12.5. The average Bonchev–Trinajstić information content (AvgIpc) is 2.22. The number of rotatable bonds is 10. The zero-order chi connectivity index (χ0) is 12.4. The predicted molar refractivity (Wildman–Crippen MR) is 76.7 cm³/mol. The molecule has 0 aromatic carbocycles. The number of hydrogen-bond acceptors (Lipinski definition) is 4. The van der Waals surface area contributed by atoms with Gasteiger partial charge >= 0.3 is 0 Å². The highest BCUT2D eigenvalue weighted by molar-refractivity contribution is 7.81. The molecule has 2 unspecified atom stereocenters. The second-order valence-corrected chi connectivity index (χ2v) is 5.48. The predicted octanol–water partition coefficient (Wildman–Crippen LogP) is 3.56. The van der Waals surface area contributed by atoms with Crippen LogP contribution in [-0.4, -0.2) is 30.5 Å². The van der Waals surface area contributed by atoms with E-state index in [9.17, 15) is 0 Å². The molecular formula is C12H26O2S2. The normalized spacial score (nSPS) is 15.4.